The van der Waals surface area contributed by atoms with Gasteiger partial charge < -0.3 is 14.8 Å². The molecule has 0 unspecified atom stereocenters. The van der Waals surface area contributed by atoms with Crippen LogP contribution in [0.2, 0.25) is 0 Å². The highest BCUT2D eigenvalue weighted by molar-refractivity contribution is 6.03. The molecule has 2 aromatic carbocycles. The van der Waals surface area contributed by atoms with Crippen LogP contribution in [0, 0.1) is 0 Å². The second-order valence-electron chi connectivity index (χ2n) is 5.53. The van der Waals surface area contributed by atoms with Crippen molar-refractivity contribution in [2.45, 2.75) is 20.8 Å². The van der Waals surface area contributed by atoms with Gasteiger partial charge in [-0.3, -0.25) is 9.59 Å². The van der Waals surface area contributed by atoms with Gasteiger partial charge in [-0.15, -0.1) is 0 Å². The third kappa shape index (κ3) is 5.48. The molecule has 0 heterocycles. The van der Waals surface area contributed by atoms with Crippen LogP contribution >= 0.6 is 0 Å². The molecule has 0 bridgehead atoms. The summed E-state index contributed by atoms with van der Waals surface area (Å²) in [6, 6.07) is 12.3. The van der Waals surface area contributed by atoms with Crippen LogP contribution in [0.4, 0.5) is 5.69 Å². The van der Waals surface area contributed by atoms with Gasteiger partial charge >= 0.3 is 0 Å². The molecule has 1 amide bonds. The maximum atomic E-state index is 12.1. The number of amides is 1. The predicted molar refractivity (Wildman–Crippen MR) is 103 cm³/mol. The quantitative estimate of drug-likeness (QED) is 0.566. The maximum absolute atomic E-state index is 12.1. The van der Waals surface area contributed by atoms with Crippen LogP contribution in [0.1, 0.15) is 36.7 Å². The van der Waals surface area contributed by atoms with E-state index in [4.69, 9.17) is 9.47 Å². The van der Waals surface area contributed by atoms with Crippen LogP contribution in [-0.4, -0.2) is 24.9 Å². The van der Waals surface area contributed by atoms with Gasteiger partial charge in [-0.05, 0) is 56.7 Å². The summed E-state index contributed by atoms with van der Waals surface area (Å²) in [6.07, 6.45) is 3.13. The Morgan fingerprint density at radius 2 is 1.73 bits per heavy atom. The Morgan fingerprint density at radius 3 is 2.42 bits per heavy atom. The molecule has 0 fully saturated rings. The molecule has 0 aliphatic heterocycles. The zero-order valence-corrected chi connectivity index (χ0v) is 15.2. The Morgan fingerprint density at radius 1 is 1.00 bits per heavy atom. The van der Waals surface area contributed by atoms with E-state index in [9.17, 15) is 9.59 Å². The van der Waals surface area contributed by atoms with Crippen LogP contribution in [0.5, 0.6) is 11.5 Å². The van der Waals surface area contributed by atoms with Crippen molar-refractivity contribution < 1.29 is 19.1 Å². The zero-order chi connectivity index (χ0) is 18.9. The van der Waals surface area contributed by atoms with E-state index in [0.29, 0.717) is 36.0 Å². The van der Waals surface area contributed by atoms with E-state index in [0.717, 1.165) is 5.56 Å². The first-order valence-electron chi connectivity index (χ1n) is 8.53. The fraction of sp³-hybridized carbons (Fsp3) is 0.238. The molecule has 0 spiro atoms. The summed E-state index contributed by atoms with van der Waals surface area (Å²) in [7, 11) is 0. The molecule has 1 N–H and O–H groups in total. The molecule has 0 aliphatic carbocycles. The molecule has 2 aromatic rings. The molecule has 2 rings (SSSR count). The summed E-state index contributed by atoms with van der Waals surface area (Å²) in [6.45, 7) is 6.38. The summed E-state index contributed by atoms with van der Waals surface area (Å²) in [4.78, 5) is 23.5. The number of carbonyl (C=O) groups excluding carboxylic acids is 2. The highest BCUT2D eigenvalue weighted by atomic mass is 16.5. The summed E-state index contributed by atoms with van der Waals surface area (Å²) in [5.74, 6) is 0.995. The summed E-state index contributed by atoms with van der Waals surface area (Å²) in [5, 5.41) is 2.74. The van der Waals surface area contributed by atoms with E-state index in [-0.39, 0.29) is 11.7 Å². The summed E-state index contributed by atoms with van der Waals surface area (Å²) in [5.41, 5.74) is 1.96. The van der Waals surface area contributed by atoms with Crippen LogP contribution in [0.3, 0.4) is 0 Å². The van der Waals surface area contributed by atoms with Crippen molar-refractivity contribution in [3.63, 3.8) is 0 Å². The number of Topliss-reactive ketones (excluding diaryl/α,β-unsaturated/α-hetero) is 1. The van der Waals surface area contributed by atoms with Crippen LogP contribution in [0.15, 0.2) is 48.5 Å². The number of ether oxygens (including phenoxy) is 2. The second-order valence-corrected chi connectivity index (χ2v) is 5.53. The minimum atomic E-state index is -0.280. The first-order chi connectivity index (χ1) is 12.5. The van der Waals surface area contributed by atoms with E-state index in [1.54, 1.807) is 30.3 Å². The molecule has 0 aromatic heterocycles. The Bertz CT molecular complexity index is 811. The second kappa shape index (κ2) is 9.42. The van der Waals surface area contributed by atoms with Crippen molar-refractivity contribution in [2.75, 3.05) is 18.5 Å². The third-order valence-corrected chi connectivity index (χ3v) is 3.53. The fourth-order valence-corrected chi connectivity index (χ4v) is 2.34. The molecule has 0 radical (unpaired) electrons. The first-order valence-corrected chi connectivity index (χ1v) is 8.53. The van der Waals surface area contributed by atoms with E-state index >= 15 is 0 Å². The van der Waals surface area contributed by atoms with Crippen molar-refractivity contribution in [2.24, 2.45) is 0 Å². The van der Waals surface area contributed by atoms with Gasteiger partial charge in [0.05, 0.1) is 13.2 Å². The average molecular weight is 353 g/mol. The highest BCUT2D eigenvalue weighted by Crippen LogP contribution is 2.29. The van der Waals surface area contributed by atoms with Crippen molar-refractivity contribution >= 4 is 23.5 Å². The average Bonchev–Trinajstić information content (AvgIpc) is 2.62. The number of rotatable bonds is 8. The van der Waals surface area contributed by atoms with Crippen molar-refractivity contribution in [3.05, 3.63) is 59.7 Å². The molecule has 5 heteroatoms. The fourth-order valence-electron chi connectivity index (χ4n) is 2.34. The van der Waals surface area contributed by atoms with Crippen molar-refractivity contribution in [3.8, 4) is 11.5 Å². The van der Waals surface area contributed by atoms with Gasteiger partial charge in [0.25, 0.3) is 0 Å². The number of benzene rings is 2. The van der Waals surface area contributed by atoms with Crippen LogP contribution in [0.25, 0.3) is 6.08 Å². The van der Waals surface area contributed by atoms with Gasteiger partial charge in [-0.1, -0.05) is 18.2 Å². The Kier molecular flexibility index (Phi) is 6.97. The van der Waals surface area contributed by atoms with Crippen molar-refractivity contribution in [1.29, 1.82) is 0 Å². The molecular formula is C21H23NO4. The molecular weight excluding hydrogens is 330 g/mol. The number of anilines is 1. The minimum absolute atomic E-state index is 0.0468. The monoisotopic (exact) mass is 353 g/mol. The van der Waals surface area contributed by atoms with Crippen LogP contribution < -0.4 is 14.8 Å². The lowest BCUT2D eigenvalue weighted by atomic mass is 10.1. The number of ketones is 1. The summed E-state index contributed by atoms with van der Waals surface area (Å²) >= 11 is 0. The number of nitrogens with one attached hydrogen (secondary N) is 1. The first kappa shape index (κ1) is 19.2. The topological polar surface area (TPSA) is 64.6 Å². The largest absolute Gasteiger partial charge is 0.490 e. The molecule has 0 aliphatic rings. The van der Waals surface area contributed by atoms with Crippen molar-refractivity contribution in [1.82, 2.24) is 0 Å². The predicted octanol–water partition coefficient (Wildman–Crippen LogP) is 4.34. The lowest BCUT2D eigenvalue weighted by molar-refractivity contribution is -0.111. The van der Waals surface area contributed by atoms with Gasteiger partial charge in [0, 0.05) is 17.3 Å². The normalized spacial score (nSPS) is 10.6. The Labute approximate surface area is 153 Å². The number of carbonyl (C=O) groups is 2. The lowest BCUT2D eigenvalue weighted by Gasteiger charge is -2.11. The Hall–Kier alpha value is -3.08. The highest BCUT2D eigenvalue weighted by Gasteiger charge is 2.06. The molecule has 0 atom stereocenters. The van der Waals surface area contributed by atoms with Gasteiger partial charge in [0.1, 0.15) is 0 Å². The molecule has 0 saturated heterocycles. The molecule has 0 saturated carbocycles. The van der Waals surface area contributed by atoms with Gasteiger partial charge in [0.15, 0.2) is 17.3 Å². The smallest absolute Gasteiger partial charge is 0.248 e. The Balaban J connectivity index is 2.08. The summed E-state index contributed by atoms with van der Waals surface area (Å²) < 4.78 is 11.1. The third-order valence-electron chi connectivity index (χ3n) is 3.53. The lowest BCUT2D eigenvalue weighted by Crippen LogP contribution is -2.08. The number of hydrogen-bond acceptors (Lipinski definition) is 4. The SMILES string of the molecule is CCOc1ccc(C=CC(=O)Nc2cccc(C(C)=O)c2)cc1OCC. The standard InChI is InChI=1S/C21H23NO4/c1-4-25-19-11-9-16(13-20(19)26-5-2)10-12-21(24)22-18-8-6-7-17(14-18)15(3)23/h6-14H,4-5H2,1-3H3,(H,22,24). The van der Waals surface area contributed by atoms with Crippen LogP contribution in [-0.2, 0) is 4.79 Å². The molecule has 136 valence electrons. The minimum Gasteiger partial charge on any atom is -0.490 e. The van der Waals surface area contributed by atoms with E-state index in [2.05, 4.69) is 5.32 Å². The zero-order valence-electron chi connectivity index (χ0n) is 15.2. The number of hydrogen-bond donors (Lipinski definition) is 1. The maximum Gasteiger partial charge on any atom is 0.248 e. The molecule has 5 nitrogen and oxygen atoms in total. The molecule has 26 heavy (non-hydrogen) atoms. The van der Waals surface area contributed by atoms with E-state index in [1.165, 1.54) is 13.0 Å². The van der Waals surface area contributed by atoms with E-state index in [1.807, 2.05) is 32.0 Å². The van der Waals surface area contributed by atoms with Gasteiger partial charge in [0.2, 0.25) is 5.91 Å². The van der Waals surface area contributed by atoms with Gasteiger partial charge in [-0.2, -0.15) is 0 Å². The van der Waals surface area contributed by atoms with Gasteiger partial charge in [-0.25, -0.2) is 0 Å². The van der Waals surface area contributed by atoms with E-state index < -0.39 is 0 Å².